The van der Waals surface area contributed by atoms with Crippen LogP contribution in [0.4, 0.5) is 0 Å². The van der Waals surface area contributed by atoms with E-state index in [1.807, 2.05) is 36.9 Å². The fourth-order valence-electron chi connectivity index (χ4n) is 2.07. The Kier molecular flexibility index (Phi) is 2.82. The van der Waals surface area contributed by atoms with E-state index >= 15 is 0 Å². The van der Waals surface area contributed by atoms with Crippen molar-refractivity contribution in [1.29, 1.82) is 0 Å². The van der Waals surface area contributed by atoms with Gasteiger partial charge in [0.15, 0.2) is 0 Å². The van der Waals surface area contributed by atoms with Crippen molar-refractivity contribution >= 4 is 5.91 Å². The molecule has 16 heavy (non-hydrogen) atoms. The molecule has 0 N–H and O–H groups in total. The largest absolute Gasteiger partial charge is 0.328 e. The zero-order valence-electron chi connectivity index (χ0n) is 10.0. The molecule has 0 fully saturated rings. The van der Waals surface area contributed by atoms with Crippen LogP contribution in [-0.4, -0.2) is 17.4 Å². The molecule has 1 atom stereocenters. The van der Waals surface area contributed by atoms with E-state index in [0.29, 0.717) is 0 Å². The number of carbonyl (C=O) groups is 1. The predicted octanol–water partition coefficient (Wildman–Crippen LogP) is 2.93. The Bertz CT molecular complexity index is 433. The molecule has 2 nitrogen and oxygen atoms in total. The van der Waals surface area contributed by atoms with Gasteiger partial charge in [0.1, 0.15) is 0 Å². The Morgan fingerprint density at radius 1 is 1.19 bits per heavy atom. The van der Waals surface area contributed by atoms with Crippen molar-refractivity contribution in [1.82, 2.24) is 4.90 Å². The van der Waals surface area contributed by atoms with E-state index in [2.05, 4.69) is 19.1 Å². The summed E-state index contributed by atoms with van der Waals surface area (Å²) in [7, 11) is 0. The molecule has 0 aliphatic carbocycles. The van der Waals surface area contributed by atoms with Gasteiger partial charge < -0.3 is 4.90 Å². The van der Waals surface area contributed by atoms with Gasteiger partial charge in [-0.2, -0.15) is 0 Å². The molecule has 2 heteroatoms. The molecule has 0 spiro atoms. The van der Waals surface area contributed by atoms with Crippen molar-refractivity contribution in [2.75, 3.05) is 6.54 Å². The Labute approximate surface area is 96.6 Å². The molecule has 1 unspecified atom stereocenters. The van der Waals surface area contributed by atoms with Crippen LogP contribution < -0.4 is 0 Å². The summed E-state index contributed by atoms with van der Waals surface area (Å²) in [4.78, 5) is 13.9. The van der Waals surface area contributed by atoms with Gasteiger partial charge in [0.2, 0.25) is 5.91 Å². The lowest BCUT2D eigenvalue weighted by molar-refractivity contribution is -0.127. The normalized spacial score (nSPS) is 18.2. The Hall–Kier alpha value is -1.57. The second-order valence-corrected chi connectivity index (χ2v) is 4.43. The van der Waals surface area contributed by atoms with E-state index in [9.17, 15) is 4.79 Å². The SMILES string of the molecule is CC1=C(C)C(=O)N(C(C)c2ccccc2)C1. The Morgan fingerprint density at radius 3 is 2.31 bits per heavy atom. The maximum absolute atomic E-state index is 12.0. The van der Waals surface area contributed by atoms with Crippen molar-refractivity contribution in [3.05, 3.63) is 47.0 Å². The van der Waals surface area contributed by atoms with Gasteiger partial charge in [0.25, 0.3) is 0 Å². The first-order chi connectivity index (χ1) is 7.61. The number of benzene rings is 1. The fraction of sp³-hybridized carbons (Fsp3) is 0.357. The summed E-state index contributed by atoms with van der Waals surface area (Å²) in [5, 5.41) is 0. The predicted molar refractivity (Wildman–Crippen MR) is 64.9 cm³/mol. The van der Waals surface area contributed by atoms with Crippen LogP contribution in [0.1, 0.15) is 32.4 Å². The van der Waals surface area contributed by atoms with Crippen molar-refractivity contribution in [3.63, 3.8) is 0 Å². The summed E-state index contributed by atoms with van der Waals surface area (Å²) < 4.78 is 0. The lowest BCUT2D eigenvalue weighted by Crippen LogP contribution is -2.29. The fourth-order valence-corrected chi connectivity index (χ4v) is 2.07. The molecule has 0 saturated carbocycles. The number of hydrogen-bond donors (Lipinski definition) is 0. The van der Waals surface area contributed by atoms with Crippen LogP contribution in [0.15, 0.2) is 41.5 Å². The Morgan fingerprint density at radius 2 is 1.81 bits per heavy atom. The first-order valence-electron chi connectivity index (χ1n) is 5.63. The minimum Gasteiger partial charge on any atom is -0.328 e. The highest BCUT2D eigenvalue weighted by molar-refractivity contribution is 5.96. The molecule has 1 aromatic carbocycles. The van der Waals surface area contributed by atoms with Gasteiger partial charge in [-0.25, -0.2) is 0 Å². The van der Waals surface area contributed by atoms with Gasteiger partial charge in [0.05, 0.1) is 6.04 Å². The summed E-state index contributed by atoms with van der Waals surface area (Å²) in [6.07, 6.45) is 0. The summed E-state index contributed by atoms with van der Waals surface area (Å²) >= 11 is 0. The minimum atomic E-state index is 0.154. The minimum absolute atomic E-state index is 0.154. The smallest absolute Gasteiger partial charge is 0.250 e. The molecule has 0 bridgehead atoms. The molecule has 0 aromatic heterocycles. The van der Waals surface area contributed by atoms with Crippen LogP contribution in [0.5, 0.6) is 0 Å². The third-order valence-electron chi connectivity index (χ3n) is 3.38. The summed E-state index contributed by atoms with van der Waals surface area (Å²) in [6, 6.07) is 10.3. The molecule has 1 aliphatic rings. The third-order valence-corrected chi connectivity index (χ3v) is 3.38. The quantitative estimate of drug-likeness (QED) is 0.742. The van der Waals surface area contributed by atoms with Crippen molar-refractivity contribution in [2.24, 2.45) is 0 Å². The molecule has 1 heterocycles. The van der Waals surface area contributed by atoms with Gasteiger partial charge in [-0.3, -0.25) is 4.79 Å². The summed E-state index contributed by atoms with van der Waals surface area (Å²) in [5.41, 5.74) is 3.29. The van der Waals surface area contributed by atoms with Gasteiger partial charge >= 0.3 is 0 Å². The van der Waals surface area contributed by atoms with Crippen LogP contribution in [0, 0.1) is 0 Å². The maximum atomic E-state index is 12.0. The zero-order valence-corrected chi connectivity index (χ0v) is 10.0. The topological polar surface area (TPSA) is 20.3 Å². The lowest BCUT2D eigenvalue weighted by Gasteiger charge is -2.25. The van der Waals surface area contributed by atoms with Gasteiger partial charge in [-0.1, -0.05) is 30.3 Å². The van der Waals surface area contributed by atoms with E-state index < -0.39 is 0 Å². The van der Waals surface area contributed by atoms with Crippen LogP contribution in [0.3, 0.4) is 0 Å². The highest BCUT2D eigenvalue weighted by atomic mass is 16.2. The lowest BCUT2D eigenvalue weighted by atomic mass is 10.1. The van der Waals surface area contributed by atoms with Gasteiger partial charge in [0, 0.05) is 12.1 Å². The third kappa shape index (κ3) is 1.75. The number of nitrogens with zero attached hydrogens (tertiary/aromatic N) is 1. The molecular weight excluding hydrogens is 198 g/mol. The second kappa shape index (κ2) is 4.12. The van der Waals surface area contributed by atoms with Gasteiger partial charge in [-0.15, -0.1) is 0 Å². The standard InChI is InChI=1S/C14H17NO/c1-10-9-15(14(16)11(10)2)12(3)13-7-5-4-6-8-13/h4-8,12H,9H2,1-3H3. The van der Waals surface area contributed by atoms with E-state index in [1.54, 1.807) is 0 Å². The number of hydrogen-bond acceptors (Lipinski definition) is 1. The average molecular weight is 215 g/mol. The molecule has 1 amide bonds. The van der Waals surface area contributed by atoms with Crippen LogP contribution in [0.2, 0.25) is 0 Å². The molecule has 2 rings (SSSR count). The molecule has 1 aromatic rings. The number of amides is 1. The highest BCUT2D eigenvalue weighted by Gasteiger charge is 2.29. The van der Waals surface area contributed by atoms with Crippen molar-refractivity contribution in [3.8, 4) is 0 Å². The zero-order chi connectivity index (χ0) is 11.7. The molecule has 0 radical (unpaired) electrons. The van der Waals surface area contributed by atoms with E-state index in [1.165, 1.54) is 11.1 Å². The first-order valence-corrected chi connectivity index (χ1v) is 5.63. The van der Waals surface area contributed by atoms with Crippen molar-refractivity contribution < 1.29 is 4.79 Å². The Balaban J connectivity index is 2.20. The van der Waals surface area contributed by atoms with Crippen molar-refractivity contribution in [2.45, 2.75) is 26.8 Å². The van der Waals surface area contributed by atoms with Crippen LogP contribution >= 0.6 is 0 Å². The van der Waals surface area contributed by atoms with Crippen LogP contribution in [-0.2, 0) is 4.79 Å². The number of rotatable bonds is 2. The molecule has 1 aliphatic heterocycles. The van der Waals surface area contributed by atoms with E-state index in [4.69, 9.17) is 0 Å². The first kappa shape index (κ1) is 10.9. The molecular formula is C14H17NO. The highest BCUT2D eigenvalue weighted by Crippen LogP contribution is 2.28. The van der Waals surface area contributed by atoms with Gasteiger partial charge in [-0.05, 0) is 31.9 Å². The average Bonchev–Trinajstić information content (AvgIpc) is 2.57. The molecule has 84 valence electrons. The molecule has 0 saturated heterocycles. The summed E-state index contributed by atoms with van der Waals surface area (Å²) in [6.45, 7) is 6.79. The maximum Gasteiger partial charge on any atom is 0.250 e. The monoisotopic (exact) mass is 215 g/mol. The second-order valence-electron chi connectivity index (χ2n) is 4.43. The number of carbonyl (C=O) groups excluding carboxylic acids is 1. The van der Waals surface area contributed by atoms with E-state index in [0.717, 1.165) is 12.1 Å². The van der Waals surface area contributed by atoms with E-state index in [-0.39, 0.29) is 11.9 Å². The van der Waals surface area contributed by atoms with Crippen LogP contribution in [0.25, 0.3) is 0 Å². The summed E-state index contributed by atoms with van der Waals surface area (Å²) in [5.74, 6) is 0.175.